The molecule has 5 heteroatoms. The topological polar surface area (TPSA) is 55.8 Å². The smallest absolute Gasteiger partial charge is 0.323 e. The number of nitrogens with zero attached hydrogens (tertiary/aromatic N) is 2. The predicted octanol–water partition coefficient (Wildman–Crippen LogP) is 0.996. The Hall–Kier alpha value is -0.650. The van der Waals surface area contributed by atoms with Gasteiger partial charge in [0.1, 0.15) is 5.54 Å². The summed E-state index contributed by atoms with van der Waals surface area (Å²) >= 11 is 0. The monoisotopic (exact) mass is 283 g/mol. The third kappa shape index (κ3) is 3.15. The second kappa shape index (κ2) is 6.00. The molecule has 0 aromatic rings. The van der Waals surface area contributed by atoms with E-state index in [2.05, 4.69) is 29.1 Å². The molecule has 2 fully saturated rings. The average molecular weight is 283 g/mol. The van der Waals surface area contributed by atoms with Crippen molar-refractivity contribution in [1.29, 1.82) is 0 Å². The molecule has 0 bridgehead atoms. The normalized spacial score (nSPS) is 36.6. The predicted molar refractivity (Wildman–Crippen MR) is 79.9 cm³/mol. The molecule has 5 nitrogen and oxygen atoms in total. The van der Waals surface area contributed by atoms with Crippen LogP contribution in [0.3, 0.4) is 0 Å². The van der Waals surface area contributed by atoms with E-state index >= 15 is 0 Å². The summed E-state index contributed by atoms with van der Waals surface area (Å²) in [6.45, 7) is 9.52. The zero-order chi connectivity index (χ0) is 14.9. The number of carbonyl (C=O) groups is 1. The first-order chi connectivity index (χ1) is 9.34. The van der Waals surface area contributed by atoms with Gasteiger partial charge in [0.15, 0.2) is 0 Å². The van der Waals surface area contributed by atoms with Crippen molar-refractivity contribution < 1.29 is 9.90 Å². The van der Waals surface area contributed by atoms with Gasteiger partial charge in [0.05, 0.1) is 0 Å². The Labute approximate surface area is 122 Å². The van der Waals surface area contributed by atoms with E-state index in [0.717, 1.165) is 38.9 Å². The molecule has 116 valence electrons. The molecule has 2 aliphatic rings. The quantitative estimate of drug-likeness (QED) is 0.806. The summed E-state index contributed by atoms with van der Waals surface area (Å²) in [7, 11) is 2.16. The largest absolute Gasteiger partial charge is 0.480 e. The summed E-state index contributed by atoms with van der Waals surface area (Å²) in [6.07, 6.45) is 2.46. The van der Waals surface area contributed by atoms with Gasteiger partial charge in [0, 0.05) is 37.8 Å². The highest BCUT2D eigenvalue weighted by atomic mass is 16.4. The second-order valence-electron chi connectivity index (χ2n) is 6.93. The van der Waals surface area contributed by atoms with Gasteiger partial charge in [0.2, 0.25) is 0 Å². The van der Waals surface area contributed by atoms with Gasteiger partial charge in [-0.25, -0.2) is 0 Å². The zero-order valence-corrected chi connectivity index (χ0v) is 13.2. The summed E-state index contributed by atoms with van der Waals surface area (Å²) in [6, 6.07) is 1.12. The molecule has 0 aromatic heterocycles. The Bertz CT molecular complexity index is 361. The number of hydrogen-bond donors (Lipinski definition) is 2. The van der Waals surface area contributed by atoms with Gasteiger partial charge in [-0.15, -0.1) is 0 Å². The maximum Gasteiger partial charge on any atom is 0.323 e. The van der Waals surface area contributed by atoms with Crippen molar-refractivity contribution in [3.05, 3.63) is 0 Å². The van der Waals surface area contributed by atoms with Crippen molar-refractivity contribution in [2.75, 3.05) is 26.7 Å². The highest BCUT2D eigenvalue weighted by Crippen LogP contribution is 2.35. The molecular weight excluding hydrogens is 254 g/mol. The third-order valence-electron chi connectivity index (χ3n) is 4.81. The van der Waals surface area contributed by atoms with Crippen molar-refractivity contribution >= 4 is 5.97 Å². The Morgan fingerprint density at radius 1 is 1.40 bits per heavy atom. The Morgan fingerprint density at radius 3 is 2.65 bits per heavy atom. The van der Waals surface area contributed by atoms with Crippen LogP contribution in [-0.2, 0) is 4.79 Å². The first-order valence-corrected chi connectivity index (χ1v) is 7.79. The van der Waals surface area contributed by atoms with Gasteiger partial charge in [-0.1, -0.05) is 0 Å². The summed E-state index contributed by atoms with van der Waals surface area (Å²) in [5, 5.41) is 13.0. The van der Waals surface area contributed by atoms with Crippen LogP contribution in [-0.4, -0.2) is 71.2 Å². The van der Waals surface area contributed by atoms with Gasteiger partial charge < -0.3 is 10.0 Å². The maximum absolute atomic E-state index is 11.7. The molecule has 0 radical (unpaired) electrons. The lowest BCUT2D eigenvalue weighted by Crippen LogP contribution is -2.57. The van der Waals surface area contributed by atoms with Crippen molar-refractivity contribution in [2.24, 2.45) is 0 Å². The average Bonchev–Trinajstić information content (AvgIpc) is 2.73. The van der Waals surface area contributed by atoms with Crippen LogP contribution >= 0.6 is 0 Å². The molecule has 0 amide bonds. The van der Waals surface area contributed by atoms with Gasteiger partial charge >= 0.3 is 5.97 Å². The lowest BCUT2D eigenvalue weighted by atomic mass is 9.95. The Balaban J connectivity index is 2.04. The summed E-state index contributed by atoms with van der Waals surface area (Å²) in [5.74, 6) is -0.685. The van der Waals surface area contributed by atoms with Crippen LogP contribution in [0.1, 0.15) is 40.0 Å². The minimum atomic E-state index is -0.720. The fraction of sp³-hybridized carbons (Fsp3) is 0.933. The first-order valence-electron chi connectivity index (χ1n) is 7.79. The Morgan fingerprint density at radius 2 is 2.10 bits per heavy atom. The van der Waals surface area contributed by atoms with Gasteiger partial charge in [-0.2, -0.15) is 0 Å². The lowest BCUT2D eigenvalue weighted by Gasteiger charge is -2.42. The van der Waals surface area contributed by atoms with Gasteiger partial charge in [-0.3, -0.25) is 15.0 Å². The molecular formula is C15H29N3O2. The Kier molecular flexibility index (Phi) is 4.72. The van der Waals surface area contributed by atoms with Crippen LogP contribution < -0.4 is 5.32 Å². The zero-order valence-electron chi connectivity index (χ0n) is 13.2. The number of rotatable bonds is 4. The van der Waals surface area contributed by atoms with Crippen molar-refractivity contribution in [3.63, 3.8) is 0 Å². The third-order valence-corrected chi connectivity index (χ3v) is 4.81. The minimum absolute atomic E-state index is 0.203. The van der Waals surface area contributed by atoms with Crippen molar-refractivity contribution in [3.8, 4) is 0 Å². The summed E-state index contributed by atoms with van der Waals surface area (Å²) < 4.78 is 0. The summed E-state index contributed by atoms with van der Waals surface area (Å²) in [5.41, 5.74) is -0.720. The van der Waals surface area contributed by atoms with Crippen LogP contribution in [0.25, 0.3) is 0 Å². The van der Waals surface area contributed by atoms with E-state index in [1.165, 1.54) is 0 Å². The van der Waals surface area contributed by atoms with Gasteiger partial charge in [0.25, 0.3) is 0 Å². The number of piperazine rings is 1. The van der Waals surface area contributed by atoms with E-state index < -0.39 is 11.5 Å². The van der Waals surface area contributed by atoms with Crippen LogP contribution in [0.2, 0.25) is 0 Å². The highest BCUT2D eigenvalue weighted by Gasteiger charge is 2.48. The molecule has 2 N–H and O–H groups in total. The maximum atomic E-state index is 11.7. The van der Waals surface area contributed by atoms with E-state index in [0.29, 0.717) is 12.1 Å². The molecule has 3 atom stereocenters. The number of hydrogen-bond acceptors (Lipinski definition) is 4. The standard InChI is InChI=1S/C15H29N3O2/c1-11(2)16-15(14(19)20)6-5-13(9-15)18-8-7-17(4)10-12(18)3/h11-13,16H,5-10H2,1-4H3,(H,19,20). The molecule has 0 spiro atoms. The molecule has 1 saturated heterocycles. The summed E-state index contributed by atoms with van der Waals surface area (Å²) in [4.78, 5) is 16.6. The molecule has 3 unspecified atom stereocenters. The fourth-order valence-electron chi connectivity index (χ4n) is 3.94. The molecule has 0 aromatic carbocycles. The lowest BCUT2D eigenvalue weighted by molar-refractivity contribution is -0.145. The highest BCUT2D eigenvalue weighted by molar-refractivity contribution is 5.79. The van der Waals surface area contributed by atoms with Crippen LogP contribution in [0.15, 0.2) is 0 Å². The molecule has 1 aliphatic heterocycles. The van der Waals surface area contributed by atoms with Crippen LogP contribution in [0.4, 0.5) is 0 Å². The molecule has 20 heavy (non-hydrogen) atoms. The number of aliphatic carboxylic acids is 1. The molecule has 1 aliphatic carbocycles. The SMILES string of the molecule is CC(C)NC1(C(=O)O)CCC(N2CCN(C)CC2C)C1. The number of carboxylic acid groups (broad SMARTS) is 1. The van der Waals surface area contributed by atoms with E-state index in [4.69, 9.17) is 0 Å². The van der Waals surface area contributed by atoms with Crippen LogP contribution in [0.5, 0.6) is 0 Å². The second-order valence-corrected chi connectivity index (χ2v) is 6.93. The number of nitrogens with one attached hydrogen (secondary N) is 1. The minimum Gasteiger partial charge on any atom is -0.480 e. The fourth-order valence-corrected chi connectivity index (χ4v) is 3.94. The molecule has 2 rings (SSSR count). The number of carboxylic acids is 1. The van der Waals surface area contributed by atoms with E-state index in [1.54, 1.807) is 0 Å². The molecule has 1 saturated carbocycles. The van der Waals surface area contributed by atoms with Crippen molar-refractivity contribution in [2.45, 2.75) is 63.7 Å². The molecule has 1 heterocycles. The number of likely N-dealkylation sites (N-methyl/N-ethyl adjacent to an activating group) is 1. The van der Waals surface area contributed by atoms with E-state index in [-0.39, 0.29) is 6.04 Å². The first kappa shape index (κ1) is 15.7. The van der Waals surface area contributed by atoms with E-state index in [1.807, 2.05) is 13.8 Å². The van der Waals surface area contributed by atoms with Gasteiger partial charge in [-0.05, 0) is 47.1 Å². The van der Waals surface area contributed by atoms with Crippen LogP contribution in [0, 0.1) is 0 Å². The van der Waals surface area contributed by atoms with E-state index in [9.17, 15) is 9.90 Å². The van der Waals surface area contributed by atoms with Crippen molar-refractivity contribution in [1.82, 2.24) is 15.1 Å².